The monoisotopic (exact) mass is 418 g/mol. The van der Waals surface area contributed by atoms with Crippen LogP contribution in [0.2, 0.25) is 0 Å². The lowest BCUT2D eigenvalue weighted by Gasteiger charge is -2.12. The number of benzene rings is 1. The first-order valence-corrected chi connectivity index (χ1v) is 8.29. The largest absolute Gasteiger partial charge is 0.418 e. The summed E-state index contributed by atoms with van der Waals surface area (Å²) in [6, 6.07) is 12.6. The highest BCUT2D eigenvalue weighted by atomic mass is 79.9. The maximum absolute atomic E-state index is 13.2. The smallest absolute Gasteiger partial charge is 0.256 e. The number of nitrogens with zero attached hydrogens (tertiary/aromatic N) is 4. The van der Waals surface area contributed by atoms with Crippen molar-refractivity contribution in [2.75, 3.05) is 0 Å². The van der Waals surface area contributed by atoms with E-state index < -0.39 is 11.7 Å². The van der Waals surface area contributed by atoms with E-state index in [2.05, 4.69) is 31.1 Å². The highest BCUT2D eigenvalue weighted by Gasteiger charge is 2.34. The van der Waals surface area contributed by atoms with E-state index in [9.17, 15) is 13.2 Å². The number of pyridine rings is 2. The molecule has 0 aliphatic rings. The predicted octanol–water partition coefficient (Wildman–Crippen LogP) is 5.34. The van der Waals surface area contributed by atoms with Gasteiger partial charge in [-0.1, -0.05) is 24.3 Å². The molecule has 0 bridgehead atoms. The number of hydrogen-bond acceptors (Lipinski definition) is 3. The van der Waals surface area contributed by atoms with E-state index in [1.54, 1.807) is 40.1 Å². The Kier molecular flexibility index (Phi) is 3.99. The maximum atomic E-state index is 13.2. The molecule has 3 heterocycles. The number of hydrogen-bond donors (Lipinski definition) is 0. The molecule has 4 aromatic rings. The zero-order chi connectivity index (χ0) is 18.3. The number of rotatable bonds is 2. The van der Waals surface area contributed by atoms with Gasteiger partial charge in [-0.2, -0.15) is 13.2 Å². The molecule has 0 aliphatic heterocycles. The Labute approximate surface area is 154 Å². The van der Waals surface area contributed by atoms with Crippen molar-refractivity contribution in [3.05, 3.63) is 66.5 Å². The van der Waals surface area contributed by atoms with Gasteiger partial charge in [0.05, 0.1) is 32.9 Å². The van der Waals surface area contributed by atoms with Crippen molar-refractivity contribution in [3.63, 3.8) is 0 Å². The fraction of sp³-hybridized carbons (Fsp3) is 0.0556. The molecule has 26 heavy (non-hydrogen) atoms. The molecule has 0 radical (unpaired) electrons. The summed E-state index contributed by atoms with van der Waals surface area (Å²) in [5.74, 6) is 0.613. The lowest BCUT2D eigenvalue weighted by molar-refractivity contribution is -0.137. The Morgan fingerprint density at radius 1 is 0.846 bits per heavy atom. The molecule has 8 heteroatoms. The van der Waals surface area contributed by atoms with E-state index in [1.165, 1.54) is 12.3 Å². The Bertz CT molecular complexity index is 1090. The van der Waals surface area contributed by atoms with Gasteiger partial charge in [0.2, 0.25) is 0 Å². The maximum Gasteiger partial charge on any atom is 0.418 e. The standard InChI is InChI=1S/C18H10BrF3N4/c19-26-14-4-2-10-24-16(14)25-17(26)12-7-5-11(6-8-12)15-13(18(20,21)22)3-1-9-23-15/h1-10H. The first kappa shape index (κ1) is 16.7. The quantitative estimate of drug-likeness (QED) is 0.441. The molecule has 3 aromatic heterocycles. The third-order valence-electron chi connectivity index (χ3n) is 3.90. The zero-order valence-electron chi connectivity index (χ0n) is 13.1. The summed E-state index contributed by atoms with van der Waals surface area (Å²) in [6.07, 6.45) is -1.46. The van der Waals surface area contributed by atoms with Crippen LogP contribution in [-0.2, 0) is 6.18 Å². The molecule has 0 unspecified atom stereocenters. The SMILES string of the molecule is FC(F)(F)c1cccnc1-c1ccc(-c2nc3ncccc3n2Br)cc1. The second-order valence-electron chi connectivity index (χ2n) is 5.54. The Balaban J connectivity index is 1.77. The molecule has 130 valence electrons. The van der Waals surface area contributed by atoms with Gasteiger partial charge in [-0.25, -0.2) is 9.97 Å². The van der Waals surface area contributed by atoms with E-state index >= 15 is 0 Å². The Morgan fingerprint density at radius 3 is 2.19 bits per heavy atom. The molecule has 0 fully saturated rings. The molecule has 0 spiro atoms. The molecule has 0 atom stereocenters. The summed E-state index contributed by atoms with van der Waals surface area (Å²) >= 11 is 3.44. The lowest BCUT2D eigenvalue weighted by atomic mass is 10.0. The van der Waals surface area contributed by atoms with E-state index in [-0.39, 0.29) is 5.69 Å². The van der Waals surface area contributed by atoms with Crippen LogP contribution in [0.5, 0.6) is 0 Å². The van der Waals surface area contributed by atoms with Gasteiger partial charge < -0.3 is 0 Å². The minimum atomic E-state index is -4.46. The van der Waals surface area contributed by atoms with Crippen LogP contribution in [0.15, 0.2) is 60.9 Å². The average molecular weight is 419 g/mol. The van der Waals surface area contributed by atoms with Gasteiger partial charge in [0, 0.05) is 23.5 Å². The molecule has 0 saturated carbocycles. The number of fused-ring (bicyclic) bond motifs is 1. The number of halogens is 4. The number of imidazole rings is 1. The van der Waals surface area contributed by atoms with E-state index in [4.69, 9.17) is 0 Å². The predicted molar refractivity (Wildman–Crippen MR) is 95.5 cm³/mol. The molecule has 1 aromatic carbocycles. The number of aromatic nitrogens is 4. The summed E-state index contributed by atoms with van der Waals surface area (Å²) in [7, 11) is 0. The van der Waals surface area contributed by atoms with Crippen LogP contribution in [0.1, 0.15) is 5.56 Å². The fourth-order valence-corrected chi connectivity index (χ4v) is 3.27. The second-order valence-corrected chi connectivity index (χ2v) is 6.25. The van der Waals surface area contributed by atoms with Gasteiger partial charge in [-0.3, -0.25) is 8.58 Å². The van der Waals surface area contributed by atoms with Gasteiger partial charge >= 0.3 is 6.18 Å². The second kappa shape index (κ2) is 6.21. The van der Waals surface area contributed by atoms with Crippen molar-refractivity contribution in [2.45, 2.75) is 6.18 Å². The zero-order valence-corrected chi connectivity index (χ0v) is 14.7. The van der Waals surface area contributed by atoms with E-state index in [0.29, 0.717) is 17.0 Å². The third kappa shape index (κ3) is 2.86. The lowest BCUT2D eigenvalue weighted by Crippen LogP contribution is -2.08. The van der Waals surface area contributed by atoms with Crippen LogP contribution < -0.4 is 0 Å². The first-order chi connectivity index (χ1) is 12.4. The molecule has 4 nitrogen and oxygen atoms in total. The molecule has 4 rings (SSSR count). The minimum absolute atomic E-state index is 0.0967. The highest BCUT2D eigenvalue weighted by Crippen LogP contribution is 2.36. The van der Waals surface area contributed by atoms with Crippen molar-refractivity contribution in [1.29, 1.82) is 0 Å². The molecule has 0 saturated heterocycles. The van der Waals surface area contributed by atoms with Crippen LogP contribution in [-0.4, -0.2) is 18.5 Å². The molecular formula is C18H10BrF3N4. The summed E-state index contributed by atoms with van der Waals surface area (Å²) in [6.45, 7) is 0. The Hall–Kier alpha value is -2.74. The van der Waals surface area contributed by atoms with Crippen LogP contribution in [0.4, 0.5) is 13.2 Å². The minimum Gasteiger partial charge on any atom is -0.256 e. The topological polar surface area (TPSA) is 43.6 Å². The third-order valence-corrected chi connectivity index (χ3v) is 4.62. The summed E-state index contributed by atoms with van der Waals surface area (Å²) < 4.78 is 41.3. The van der Waals surface area contributed by atoms with Gasteiger partial charge in [0.25, 0.3) is 0 Å². The summed E-state index contributed by atoms with van der Waals surface area (Å²) in [5.41, 5.74) is 1.65. The molecule has 0 N–H and O–H groups in total. The van der Waals surface area contributed by atoms with Crippen LogP contribution in [0.3, 0.4) is 0 Å². The van der Waals surface area contributed by atoms with Crippen molar-refractivity contribution >= 4 is 27.3 Å². The average Bonchev–Trinajstić information content (AvgIpc) is 2.98. The summed E-state index contributed by atoms with van der Waals surface area (Å²) in [4.78, 5) is 12.6. The van der Waals surface area contributed by atoms with Gasteiger partial charge in [-0.15, -0.1) is 0 Å². The van der Waals surface area contributed by atoms with Crippen molar-refractivity contribution in [1.82, 2.24) is 18.5 Å². The molecule has 0 amide bonds. The first-order valence-electron chi connectivity index (χ1n) is 7.58. The van der Waals surface area contributed by atoms with Crippen LogP contribution >= 0.6 is 16.1 Å². The van der Waals surface area contributed by atoms with E-state index in [0.717, 1.165) is 17.1 Å². The fourth-order valence-electron chi connectivity index (χ4n) is 2.71. The van der Waals surface area contributed by atoms with Crippen LogP contribution in [0.25, 0.3) is 33.8 Å². The van der Waals surface area contributed by atoms with Crippen molar-refractivity contribution in [2.24, 2.45) is 0 Å². The number of alkyl halides is 3. The molecule has 0 aliphatic carbocycles. The van der Waals surface area contributed by atoms with Gasteiger partial charge in [0.15, 0.2) is 11.5 Å². The molecular weight excluding hydrogens is 409 g/mol. The van der Waals surface area contributed by atoms with E-state index in [1.807, 2.05) is 6.07 Å². The Morgan fingerprint density at radius 2 is 1.50 bits per heavy atom. The van der Waals surface area contributed by atoms with Crippen molar-refractivity contribution < 1.29 is 13.2 Å². The van der Waals surface area contributed by atoms with Gasteiger partial charge in [-0.05, 0) is 24.3 Å². The van der Waals surface area contributed by atoms with Crippen LogP contribution in [0, 0.1) is 0 Å². The van der Waals surface area contributed by atoms with Crippen molar-refractivity contribution in [3.8, 4) is 22.6 Å². The highest BCUT2D eigenvalue weighted by molar-refractivity contribution is 9.08. The normalized spacial score (nSPS) is 11.8. The van der Waals surface area contributed by atoms with Gasteiger partial charge in [0.1, 0.15) is 0 Å². The summed E-state index contributed by atoms with van der Waals surface area (Å²) in [5, 5.41) is 0.